The summed E-state index contributed by atoms with van der Waals surface area (Å²) in [5.74, 6) is -5.58. The van der Waals surface area contributed by atoms with Crippen molar-refractivity contribution in [1.82, 2.24) is 0 Å². The number of carbonyl (C=O) groups excluding carboxylic acids is 4. The minimum Gasteiger partial charge on any atom is -0.441 e. The molecule has 0 aromatic carbocycles. The number of carbonyl (C=O) groups is 4. The van der Waals surface area contributed by atoms with E-state index in [0.717, 1.165) is 0 Å². The first-order valence-corrected chi connectivity index (χ1v) is 4.89. The van der Waals surface area contributed by atoms with Gasteiger partial charge in [0.25, 0.3) is 0 Å². The molecule has 0 N–H and O–H groups in total. The van der Waals surface area contributed by atoms with Gasteiger partial charge in [-0.25, -0.2) is 19.2 Å². The molecular formula is C7H6Cl2O8. The summed E-state index contributed by atoms with van der Waals surface area (Å²) in [4.78, 5) is 42.7. The highest BCUT2D eigenvalue weighted by Gasteiger charge is 2.20. The number of hydrogen-bond acceptors (Lipinski definition) is 8. The monoisotopic (exact) mass is 288 g/mol. The molecule has 0 aromatic rings. The molecule has 0 fully saturated rings. The Morgan fingerprint density at radius 1 is 0.647 bits per heavy atom. The first-order chi connectivity index (χ1) is 8.02. The van der Waals surface area contributed by atoms with Crippen molar-refractivity contribution in [3.63, 3.8) is 0 Å². The highest BCUT2D eigenvalue weighted by atomic mass is 35.5. The van der Waals surface area contributed by atoms with Crippen molar-refractivity contribution in [3.05, 3.63) is 0 Å². The summed E-state index contributed by atoms with van der Waals surface area (Å²) in [6, 6.07) is -1.06. The molecule has 0 rings (SSSR count). The summed E-state index contributed by atoms with van der Waals surface area (Å²) < 4.78 is 16.3. The molecule has 0 aromatic heterocycles. The molecule has 0 unspecified atom stereocenters. The summed E-state index contributed by atoms with van der Waals surface area (Å²) in [5.41, 5.74) is 0. The van der Waals surface area contributed by atoms with Crippen molar-refractivity contribution in [2.24, 2.45) is 0 Å². The van der Waals surface area contributed by atoms with Crippen LogP contribution >= 0.6 is 23.2 Å². The lowest BCUT2D eigenvalue weighted by Gasteiger charge is -2.04. The van der Waals surface area contributed by atoms with E-state index in [1.54, 1.807) is 0 Å². The Kier molecular flexibility index (Phi) is 7.82. The maximum absolute atomic E-state index is 10.7. The summed E-state index contributed by atoms with van der Waals surface area (Å²) >= 11 is 9.98. The average Bonchev–Trinajstić information content (AvgIpc) is 2.29. The second-order valence-corrected chi connectivity index (χ2v) is 2.50. The van der Waals surface area contributed by atoms with Gasteiger partial charge >= 0.3 is 23.9 Å². The Bertz CT molecular complexity index is 285. The standard InChI is InChI=1S/C7H6Cl2O8/c8-1-14-4(10)6(12)16-3-17-7(13)5(11)15-2-9/h1-3H2. The molecule has 0 spiro atoms. The van der Waals surface area contributed by atoms with Crippen LogP contribution in [0, 0.1) is 0 Å². The lowest BCUT2D eigenvalue weighted by Crippen LogP contribution is -2.25. The zero-order valence-electron chi connectivity index (χ0n) is 8.14. The molecule has 0 amide bonds. The molecular weight excluding hydrogens is 283 g/mol. The van der Waals surface area contributed by atoms with Gasteiger partial charge in [-0.15, -0.1) is 0 Å². The number of ether oxygens (including phenoxy) is 4. The Morgan fingerprint density at radius 3 is 1.24 bits per heavy atom. The van der Waals surface area contributed by atoms with Gasteiger partial charge in [0.2, 0.25) is 6.79 Å². The minimum atomic E-state index is -1.43. The number of halogens is 2. The molecule has 0 aliphatic heterocycles. The van der Waals surface area contributed by atoms with E-state index in [4.69, 9.17) is 23.2 Å². The van der Waals surface area contributed by atoms with Crippen LogP contribution in [0.15, 0.2) is 0 Å². The molecule has 10 heteroatoms. The van der Waals surface area contributed by atoms with Gasteiger partial charge in [-0.3, -0.25) is 0 Å². The number of rotatable bonds is 4. The van der Waals surface area contributed by atoms with Crippen LogP contribution < -0.4 is 0 Å². The van der Waals surface area contributed by atoms with Crippen LogP contribution in [0.4, 0.5) is 0 Å². The van der Waals surface area contributed by atoms with Gasteiger partial charge in [0, 0.05) is 0 Å². The quantitative estimate of drug-likeness (QED) is 0.224. The lowest BCUT2D eigenvalue weighted by atomic mass is 10.7. The van der Waals surface area contributed by atoms with Crippen molar-refractivity contribution < 1.29 is 38.1 Å². The molecule has 0 heterocycles. The maximum Gasteiger partial charge on any atom is 0.420 e. The van der Waals surface area contributed by atoms with E-state index in [1.165, 1.54) is 0 Å². The van der Waals surface area contributed by atoms with Gasteiger partial charge in [-0.2, -0.15) is 0 Å². The third kappa shape index (κ3) is 6.59. The fraction of sp³-hybridized carbons (Fsp3) is 0.429. The van der Waals surface area contributed by atoms with E-state index >= 15 is 0 Å². The molecule has 8 nitrogen and oxygen atoms in total. The van der Waals surface area contributed by atoms with Crippen LogP contribution in [0.1, 0.15) is 0 Å². The van der Waals surface area contributed by atoms with Crippen LogP contribution in [0.3, 0.4) is 0 Å². The summed E-state index contributed by atoms with van der Waals surface area (Å²) in [6.45, 7) is -0.952. The molecule has 0 saturated heterocycles. The second-order valence-electron chi connectivity index (χ2n) is 2.06. The molecule has 17 heavy (non-hydrogen) atoms. The van der Waals surface area contributed by atoms with Gasteiger partial charge in [0.05, 0.1) is 0 Å². The highest BCUT2D eigenvalue weighted by Crippen LogP contribution is 1.90. The smallest absolute Gasteiger partial charge is 0.420 e. The van der Waals surface area contributed by atoms with Crippen molar-refractivity contribution >= 4 is 47.1 Å². The molecule has 0 saturated carbocycles. The van der Waals surface area contributed by atoms with E-state index < -0.39 is 42.8 Å². The Hall–Kier alpha value is -1.54. The Labute approximate surface area is 105 Å². The average molecular weight is 289 g/mol. The summed E-state index contributed by atoms with van der Waals surface area (Å²) in [6.07, 6.45) is 0. The molecule has 0 aliphatic rings. The van der Waals surface area contributed by atoms with E-state index in [0.29, 0.717) is 0 Å². The largest absolute Gasteiger partial charge is 0.441 e. The van der Waals surface area contributed by atoms with Gasteiger partial charge in [-0.1, -0.05) is 23.2 Å². The SMILES string of the molecule is O=C(OCCl)C(=O)OCOC(=O)C(=O)OCCl. The van der Waals surface area contributed by atoms with E-state index in [-0.39, 0.29) is 0 Å². The number of esters is 4. The molecule has 0 aliphatic carbocycles. The molecule has 0 radical (unpaired) electrons. The van der Waals surface area contributed by atoms with Gasteiger partial charge in [-0.05, 0) is 0 Å². The van der Waals surface area contributed by atoms with Crippen LogP contribution in [0.2, 0.25) is 0 Å². The van der Waals surface area contributed by atoms with Gasteiger partial charge in [0.15, 0.2) is 12.1 Å². The van der Waals surface area contributed by atoms with Crippen LogP contribution in [-0.4, -0.2) is 42.8 Å². The second kappa shape index (κ2) is 8.59. The topological polar surface area (TPSA) is 105 Å². The minimum absolute atomic E-state index is 0.532. The third-order valence-electron chi connectivity index (χ3n) is 1.08. The summed E-state index contributed by atoms with van der Waals surface area (Å²) in [7, 11) is 0. The van der Waals surface area contributed by atoms with Crippen LogP contribution in [0.25, 0.3) is 0 Å². The van der Waals surface area contributed by atoms with Crippen molar-refractivity contribution in [2.45, 2.75) is 0 Å². The fourth-order valence-corrected chi connectivity index (χ4v) is 0.669. The van der Waals surface area contributed by atoms with Gasteiger partial charge in [0.1, 0.15) is 0 Å². The normalized spacial score (nSPS) is 9.06. The predicted octanol–water partition coefficient (Wildman–Crippen LogP) is -0.491. The molecule has 96 valence electrons. The third-order valence-corrected chi connectivity index (χ3v) is 1.30. The van der Waals surface area contributed by atoms with Gasteiger partial charge < -0.3 is 18.9 Å². The van der Waals surface area contributed by atoms with Crippen LogP contribution in [0.5, 0.6) is 0 Å². The van der Waals surface area contributed by atoms with Crippen molar-refractivity contribution in [2.75, 3.05) is 18.9 Å². The lowest BCUT2D eigenvalue weighted by molar-refractivity contribution is -0.183. The van der Waals surface area contributed by atoms with Crippen molar-refractivity contribution in [1.29, 1.82) is 0 Å². The Balaban J connectivity index is 3.84. The van der Waals surface area contributed by atoms with Crippen molar-refractivity contribution in [3.8, 4) is 0 Å². The van der Waals surface area contributed by atoms with Crippen LogP contribution in [-0.2, 0) is 38.1 Å². The zero-order valence-corrected chi connectivity index (χ0v) is 9.66. The maximum atomic E-state index is 10.7. The molecule has 0 atom stereocenters. The Morgan fingerprint density at radius 2 is 0.941 bits per heavy atom. The predicted molar refractivity (Wildman–Crippen MR) is 50.7 cm³/mol. The van der Waals surface area contributed by atoms with E-state index in [2.05, 4.69) is 18.9 Å². The number of hydrogen-bond donors (Lipinski definition) is 0. The first kappa shape index (κ1) is 15.5. The van der Waals surface area contributed by atoms with E-state index in [1.807, 2.05) is 0 Å². The fourth-order valence-electron chi connectivity index (χ4n) is 0.471. The number of alkyl halides is 2. The summed E-state index contributed by atoms with van der Waals surface area (Å²) in [5, 5.41) is 0. The zero-order chi connectivity index (χ0) is 13.3. The highest BCUT2D eigenvalue weighted by molar-refractivity contribution is 6.31. The first-order valence-electron chi connectivity index (χ1n) is 3.82. The molecule has 0 bridgehead atoms. The van der Waals surface area contributed by atoms with E-state index in [9.17, 15) is 19.2 Å².